The number of anilines is 2. The first-order valence-corrected chi connectivity index (χ1v) is 9.88. The van der Waals surface area contributed by atoms with Gasteiger partial charge in [-0.05, 0) is 23.6 Å². The van der Waals surface area contributed by atoms with Crippen LogP contribution in [0.2, 0.25) is 5.02 Å². The van der Waals surface area contributed by atoms with Crippen molar-refractivity contribution in [3.63, 3.8) is 0 Å². The van der Waals surface area contributed by atoms with Crippen LogP contribution in [0.3, 0.4) is 0 Å². The van der Waals surface area contributed by atoms with Crippen molar-refractivity contribution in [3.8, 4) is 0 Å². The van der Waals surface area contributed by atoms with Gasteiger partial charge in [-0.2, -0.15) is 4.98 Å². The molecule has 1 fully saturated rings. The molecule has 1 saturated heterocycles. The lowest BCUT2D eigenvalue weighted by Crippen LogP contribution is -2.30. The second-order valence-corrected chi connectivity index (χ2v) is 7.59. The smallest absolute Gasteiger partial charge is 0.260 e. The van der Waals surface area contributed by atoms with E-state index < -0.39 is 0 Å². The molecule has 29 heavy (non-hydrogen) atoms. The van der Waals surface area contributed by atoms with E-state index >= 15 is 0 Å². The van der Waals surface area contributed by atoms with Crippen molar-refractivity contribution >= 4 is 35.3 Å². The van der Waals surface area contributed by atoms with Crippen LogP contribution >= 0.6 is 11.6 Å². The first kappa shape index (κ1) is 17.9. The maximum Gasteiger partial charge on any atom is 0.260 e. The number of nitrogens with zero attached hydrogens (tertiary/aromatic N) is 4. The van der Waals surface area contributed by atoms with Crippen molar-refractivity contribution in [2.45, 2.75) is 31.3 Å². The van der Waals surface area contributed by atoms with E-state index in [1.807, 2.05) is 42.5 Å². The zero-order chi connectivity index (χ0) is 20.0. The number of amides is 2. The molecule has 2 atom stereocenters. The topological polar surface area (TPSA) is 80.1 Å². The second kappa shape index (κ2) is 7.00. The van der Waals surface area contributed by atoms with E-state index in [2.05, 4.69) is 27.5 Å². The van der Waals surface area contributed by atoms with Gasteiger partial charge in [0.05, 0.1) is 12.1 Å². The third kappa shape index (κ3) is 3.07. The Hall–Kier alpha value is -3.19. The summed E-state index contributed by atoms with van der Waals surface area (Å²) in [6.07, 6.45) is 1.08. The zero-order valence-electron chi connectivity index (χ0n) is 15.5. The largest absolute Gasteiger partial charge is 0.347 e. The van der Waals surface area contributed by atoms with Crippen LogP contribution in [0.5, 0.6) is 0 Å². The number of hydrogen-bond donors (Lipinski definition) is 1. The molecular formula is C21H18ClN5O2. The normalized spacial score (nSPS) is 21.2. The van der Waals surface area contributed by atoms with Gasteiger partial charge in [0.15, 0.2) is 0 Å². The van der Waals surface area contributed by atoms with Gasteiger partial charge in [-0.15, -0.1) is 5.10 Å². The SMILES string of the molecule is O=C1CCC(=O)N1c1nc2n(n1)C(c1ccccc1Cl)CC(c1ccccc1)N2. The van der Waals surface area contributed by atoms with Crippen molar-refractivity contribution < 1.29 is 9.59 Å². The summed E-state index contributed by atoms with van der Waals surface area (Å²) in [6, 6.07) is 17.5. The molecular weight excluding hydrogens is 390 g/mol. The minimum Gasteiger partial charge on any atom is -0.347 e. The highest BCUT2D eigenvalue weighted by Crippen LogP contribution is 2.40. The van der Waals surface area contributed by atoms with E-state index in [9.17, 15) is 9.59 Å². The van der Waals surface area contributed by atoms with Crippen LogP contribution in [0.25, 0.3) is 0 Å². The van der Waals surface area contributed by atoms with Gasteiger partial charge in [0.2, 0.25) is 17.8 Å². The van der Waals surface area contributed by atoms with Crippen molar-refractivity contribution in [3.05, 3.63) is 70.7 Å². The standard InChI is InChI=1S/C21H18ClN5O2/c22-15-9-5-4-8-14(15)17-12-16(13-6-2-1-3-7-13)23-20-24-21(25-27(17)20)26-18(28)10-11-19(26)29/h1-9,16-17H,10-12H2,(H,23,24,25). The van der Waals surface area contributed by atoms with Crippen molar-refractivity contribution in [1.82, 2.24) is 14.8 Å². The van der Waals surface area contributed by atoms with Gasteiger partial charge in [-0.3, -0.25) is 9.59 Å². The molecule has 2 unspecified atom stereocenters. The minimum atomic E-state index is -0.271. The van der Waals surface area contributed by atoms with Gasteiger partial charge in [-0.1, -0.05) is 60.1 Å². The molecule has 7 nitrogen and oxygen atoms in total. The average molecular weight is 408 g/mol. The molecule has 2 aromatic carbocycles. The van der Waals surface area contributed by atoms with Gasteiger partial charge in [0.1, 0.15) is 0 Å². The Morgan fingerprint density at radius 1 is 0.966 bits per heavy atom. The summed E-state index contributed by atoms with van der Waals surface area (Å²) >= 11 is 6.50. The van der Waals surface area contributed by atoms with Crippen LogP contribution in [0, 0.1) is 0 Å². The predicted octanol–water partition coefficient (Wildman–Crippen LogP) is 3.73. The van der Waals surface area contributed by atoms with Crippen LogP contribution in [-0.2, 0) is 9.59 Å². The van der Waals surface area contributed by atoms with Crippen molar-refractivity contribution in [2.24, 2.45) is 0 Å². The monoisotopic (exact) mass is 407 g/mol. The fourth-order valence-corrected chi connectivity index (χ4v) is 4.23. The fourth-order valence-electron chi connectivity index (χ4n) is 3.97. The van der Waals surface area contributed by atoms with Crippen molar-refractivity contribution in [1.29, 1.82) is 0 Å². The molecule has 1 N–H and O–H groups in total. The molecule has 3 heterocycles. The summed E-state index contributed by atoms with van der Waals surface area (Å²) in [7, 11) is 0. The molecule has 0 radical (unpaired) electrons. The number of nitrogens with one attached hydrogen (secondary N) is 1. The molecule has 0 spiro atoms. The Kier molecular flexibility index (Phi) is 4.32. The fraction of sp³-hybridized carbons (Fsp3) is 0.238. The molecule has 2 amide bonds. The lowest BCUT2D eigenvalue weighted by atomic mass is 9.93. The molecule has 0 saturated carbocycles. The third-order valence-corrected chi connectivity index (χ3v) is 5.74. The summed E-state index contributed by atoms with van der Waals surface area (Å²) in [5, 5.41) is 8.57. The minimum absolute atomic E-state index is 0.00740. The van der Waals surface area contributed by atoms with E-state index in [-0.39, 0.29) is 42.7 Å². The average Bonchev–Trinajstić information content (AvgIpc) is 3.30. The number of hydrogen-bond acceptors (Lipinski definition) is 5. The van der Waals surface area contributed by atoms with Crippen molar-refractivity contribution in [2.75, 3.05) is 10.2 Å². The van der Waals surface area contributed by atoms with Gasteiger partial charge in [-0.25, -0.2) is 9.58 Å². The number of fused-ring (bicyclic) bond motifs is 1. The van der Waals surface area contributed by atoms with E-state index in [0.29, 0.717) is 17.4 Å². The zero-order valence-corrected chi connectivity index (χ0v) is 16.2. The number of carbonyl (C=O) groups excluding carboxylic acids is 2. The van der Waals surface area contributed by atoms with Crippen LogP contribution in [0.4, 0.5) is 11.9 Å². The summed E-state index contributed by atoms with van der Waals surface area (Å²) < 4.78 is 1.73. The maximum atomic E-state index is 12.2. The molecule has 2 aliphatic heterocycles. The van der Waals surface area contributed by atoms with E-state index in [0.717, 1.165) is 16.0 Å². The van der Waals surface area contributed by atoms with E-state index in [1.54, 1.807) is 4.68 Å². The van der Waals surface area contributed by atoms with Crippen LogP contribution in [-0.4, -0.2) is 26.6 Å². The maximum absolute atomic E-state index is 12.2. The predicted molar refractivity (Wildman–Crippen MR) is 109 cm³/mol. The molecule has 8 heteroatoms. The number of aromatic nitrogens is 3. The number of benzene rings is 2. The van der Waals surface area contributed by atoms with E-state index in [1.165, 1.54) is 0 Å². The van der Waals surface area contributed by atoms with E-state index in [4.69, 9.17) is 11.6 Å². The number of rotatable bonds is 3. The molecule has 5 rings (SSSR count). The lowest BCUT2D eigenvalue weighted by Gasteiger charge is -2.32. The Balaban J connectivity index is 1.61. The van der Waals surface area contributed by atoms with Gasteiger partial charge >= 0.3 is 0 Å². The van der Waals surface area contributed by atoms with Crippen LogP contribution < -0.4 is 10.2 Å². The molecule has 0 bridgehead atoms. The third-order valence-electron chi connectivity index (χ3n) is 5.40. The highest BCUT2D eigenvalue weighted by molar-refractivity contribution is 6.31. The highest BCUT2D eigenvalue weighted by Gasteiger charge is 2.37. The highest BCUT2D eigenvalue weighted by atomic mass is 35.5. The molecule has 2 aliphatic rings. The first-order valence-electron chi connectivity index (χ1n) is 9.50. The first-order chi connectivity index (χ1) is 14.1. The molecule has 1 aromatic heterocycles. The Morgan fingerprint density at radius 3 is 2.38 bits per heavy atom. The number of halogens is 1. The van der Waals surface area contributed by atoms with Gasteiger partial charge in [0, 0.05) is 17.9 Å². The van der Waals surface area contributed by atoms with Crippen LogP contribution in [0.15, 0.2) is 54.6 Å². The molecule has 0 aliphatic carbocycles. The van der Waals surface area contributed by atoms with Crippen LogP contribution in [0.1, 0.15) is 42.5 Å². The molecule has 146 valence electrons. The summed E-state index contributed by atoms with van der Waals surface area (Å²) in [5.74, 6) is 0.0852. The summed E-state index contributed by atoms with van der Waals surface area (Å²) in [4.78, 5) is 29.9. The Bertz CT molecular complexity index is 1080. The molecule has 3 aromatic rings. The van der Waals surface area contributed by atoms with Gasteiger partial charge < -0.3 is 5.32 Å². The second-order valence-electron chi connectivity index (χ2n) is 7.18. The quantitative estimate of drug-likeness (QED) is 0.669. The number of carbonyl (C=O) groups is 2. The summed E-state index contributed by atoms with van der Waals surface area (Å²) in [6.45, 7) is 0. The Labute approximate surface area is 172 Å². The lowest BCUT2D eigenvalue weighted by molar-refractivity contribution is -0.121. The van der Waals surface area contributed by atoms with Gasteiger partial charge in [0.25, 0.3) is 5.95 Å². The summed E-state index contributed by atoms with van der Waals surface area (Å²) in [5.41, 5.74) is 2.04. The number of imide groups is 1. The Morgan fingerprint density at radius 2 is 1.66 bits per heavy atom.